The quantitative estimate of drug-likeness (QED) is 0.818. The molecule has 0 aromatic heterocycles. The van der Waals surface area contributed by atoms with Crippen molar-refractivity contribution in [3.05, 3.63) is 30.1 Å². The summed E-state index contributed by atoms with van der Waals surface area (Å²) in [5.41, 5.74) is 0. The second-order valence-electron chi connectivity index (χ2n) is 4.26. The van der Waals surface area contributed by atoms with Gasteiger partial charge in [-0.2, -0.15) is 0 Å². The van der Waals surface area contributed by atoms with Gasteiger partial charge in [0.05, 0.1) is 12.7 Å². The molecule has 1 atom stereocenters. The van der Waals surface area contributed by atoms with Crippen LogP contribution in [0.2, 0.25) is 0 Å². The molecule has 0 N–H and O–H groups in total. The Morgan fingerprint density at radius 1 is 1.50 bits per heavy atom. The van der Waals surface area contributed by atoms with Gasteiger partial charge in [0.2, 0.25) is 0 Å². The van der Waals surface area contributed by atoms with Crippen molar-refractivity contribution in [1.29, 1.82) is 0 Å². The lowest BCUT2D eigenvalue weighted by molar-refractivity contribution is -0.140. The van der Waals surface area contributed by atoms with Crippen LogP contribution < -0.4 is 4.74 Å². The van der Waals surface area contributed by atoms with Gasteiger partial charge in [-0.3, -0.25) is 4.79 Å². The van der Waals surface area contributed by atoms with Crippen LogP contribution in [-0.4, -0.2) is 43.2 Å². The maximum atomic E-state index is 12.7. The van der Waals surface area contributed by atoms with Gasteiger partial charge in [0.15, 0.2) is 6.61 Å². The van der Waals surface area contributed by atoms with E-state index in [4.69, 9.17) is 9.47 Å². The smallest absolute Gasteiger partial charge is 0.260 e. The van der Waals surface area contributed by atoms with Gasteiger partial charge in [-0.1, -0.05) is 0 Å². The summed E-state index contributed by atoms with van der Waals surface area (Å²) in [4.78, 5) is 13.6. The molecule has 1 heterocycles. The third-order valence-corrected chi connectivity index (χ3v) is 2.77. The molecule has 1 aliphatic rings. The standard InChI is InChI=1S/C13H16FNO3/c1-10-8-15(6-7-17-10)13(16)9-18-12-4-2-11(14)3-5-12/h2-5,10H,6-9H2,1H3/t10-/m1/s1. The fraction of sp³-hybridized carbons (Fsp3) is 0.462. The molecular weight excluding hydrogens is 237 g/mol. The number of carbonyl (C=O) groups is 1. The molecule has 4 nitrogen and oxygen atoms in total. The summed E-state index contributed by atoms with van der Waals surface area (Å²) in [5, 5.41) is 0. The fourth-order valence-electron chi connectivity index (χ4n) is 1.81. The SMILES string of the molecule is C[C@@H]1CN(C(=O)COc2ccc(F)cc2)CCO1. The number of hydrogen-bond acceptors (Lipinski definition) is 3. The Morgan fingerprint density at radius 2 is 2.22 bits per heavy atom. The summed E-state index contributed by atoms with van der Waals surface area (Å²) < 4.78 is 23.3. The van der Waals surface area contributed by atoms with Crippen LogP contribution in [0, 0.1) is 5.82 Å². The van der Waals surface area contributed by atoms with E-state index in [1.165, 1.54) is 24.3 Å². The van der Waals surface area contributed by atoms with Crippen LogP contribution in [0.5, 0.6) is 5.75 Å². The Morgan fingerprint density at radius 3 is 2.89 bits per heavy atom. The lowest BCUT2D eigenvalue weighted by atomic mass is 10.3. The minimum absolute atomic E-state index is 0.0294. The summed E-state index contributed by atoms with van der Waals surface area (Å²) in [5.74, 6) is 0.0937. The van der Waals surface area contributed by atoms with E-state index in [2.05, 4.69) is 0 Å². The molecule has 1 aromatic rings. The highest BCUT2D eigenvalue weighted by atomic mass is 19.1. The van der Waals surface area contributed by atoms with Gasteiger partial charge >= 0.3 is 0 Å². The minimum Gasteiger partial charge on any atom is -0.484 e. The van der Waals surface area contributed by atoms with Crippen molar-refractivity contribution in [1.82, 2.24) is 4.90 Å². The monoisotopic (exact) mass is 253 g/mol. The van der Waals surface area contributed by atoms with E-state index >= 15 is 0 Å². The Hall–Kier alpha value is -1.62. The Bertz CT molecular complexity index is 407. The average molecular weight is 253 g/mol. The predicted octanol–water partition coefficient (Wildman–Crippen LogP) is 1.45. The molecule has 98 valence electrons. The molecule has 0 radical (unpaired) electrons. The first-order chi connectivity index (χ1) is 8.65. The number of halogens is 1. The van der Waals surface area contributed by atoms with Gasteiger partial charge in [-0.05, 0) is 31.2 Å². The van der Waals surface area contributed by atoms with Gasteiger partial charge in [0.25, 0.3) is 5.91 Å². The molecule has 0 aliphatic carbocycles. The molecule has 5 heteroatoms. The topological polar surface area (TPSA) is 38.8 Å². The summed E-state index contributed by atoms with van der Waals surface area (Å²) in [6.07, 6.45) is 0.0634. The third kappa shape index (κ3) is 3.43. The number of hydrogen-bond donors (Lipinski definition) is 0. The molecule has 1 saturated heterocycles. The van der Waals surface area contributed by atoms with Crippen LogP contribution in [0.15, 0.2) is 24.3 Å². The zero-order valence-corrected chi connectivity index (χ0v) is 10.3. The number of nitrogens with zero attached hydrogens (tertiary/aromatic N) is 1. The molecule has 0 spiro atoms. The molecule has 2 rings (SSSR count). The molecule has 0 saturated carbocycles. The number of rotatable bonds is 3. The van der Waals surface area contributed by atoms with E-state index in [9.17, 15) is 9.18 Å². The lowest BCUT2D eigenvalue weighted by Crippen LogP contribution is -2.46. The molecule has 1 fully saturated rings. The third-order valence-electron chi connectivity index (χ3n) is 2.77. The summed E-state index contributed by atoms with van der Waals surface area (Å²) in [6.45, 7) is 3.64. The maximum absolute atomic E-state index is 12.7. The van der Waals surface area contributed by atoms with Gasteiger partial charge in [0.1, 0.15) is 11.6 Å². The van der Waals surface area contributed by atoms with Crippen molar-refractivity contribution in [3.63, 3.8) is 0 Å². The van der Waals surface area contributed by atoms with Gasteiger partial charge < -0.3 is 14.4 Å². The first kappa shape index (κ1) is 12.8. The molecule has 1 amide bonds. The Balaban J connectivity index is 1.82. The zero-order valence-electron chi connectivity index (χ0n) is 10.3. The van der Waals surface area contributed by atoms with E-state index < -0.39 is 0 Å². The minimum atomic E-state index is -0.323. The van der Waals surface area contributed by atoms with E-state index in [0.717, 1.165) is 0 Å². The molecule has 0 unspecified atom stereocenters. The van der Waals surface area contributed by atoms with E-state index in [1.807, 2.05) is 6.92 Å². The van der Waals surface area contributed by atoms with Crippen molar-refractivity contribution >= 4 is 5.91 Å². The van der Waals surface area contributed by atoms with Crippen LogP contribution in [0.1, 0.15) is 6.92 Å². The van der Waals surface area contributed by atoms with Crippen LogP contribution in [0.25, 0.3) is 0 Å². The van der Waals surface area contributed by atoms with Crippen LogP contribution in [0.3, 0.4) is 0 Å². The summed E-state index contributed by atoms with van der Waals surface area (Å²) in [7, 11) is 0. The Kier molecular flexibility index (Phi) is 4.15. The number of carbonyl (C=O) groups excluding carboxylic acids is 1. The Labute approximate surface area is 105 Å². The van der Waals surface area contributed by atoms with Crippen molar-refractivity contribution in [3.8, 4) is 5.75 Å². The van der Waals surface area contributed by atoms with Crippen LogP contribution in [-0.2, 0) is 9.53 Å². The van der Waals surface area contributed by atoms with Crippen LogP contribution >= 0.6 is 0 Å². The highest BCUT2D eigenvalue weighted by Crippen LogP contribution is 2.11. The predicted molar refractivity (Wildman–Crippen MR) is 63.9 cm³/mol. The van der Waals surface area contributed by atoms with Crippen molar-refractivity contribution in [2.45, 2.75) is 13.0 Å². The molecule has 1 aromatic carbocycles. The van der Waals surface area contributed by atoms with E-state index in [1.54, 1.807) is 4.90 Å². The number of amides is 1. The molecular formula is C13H16FNO3. The number of benzene rings is 1. The largest absolute Gasteiger partial charge is 0.484 e. The molecule has 0 bridgehead atoms. The average Bonchev–Trinajstić information content (AvgIpc) is 2.38. The van der Waals surface area contributed by atoms with Crippen molar-refractivity contribution in [2.75, 3.05) is 26.3 Å². The highest BCUT2D eigenvalue weighted by molar-refractivity contribution is 5.77. The first-order valence-corrected chi connectivity index (χ1v) is 5.93. The number of ether oxygens (including phenoxy) is 2. The van der Waals surface area contributed by atoms with E-state index in [-0.39, 0.29) is 24.4 Å². The van der Waals surface area contributed by atoms with E-state index in [0.29, 0.717) is 25.4 Å². The summed E-state index contributed by atoms with van der Waals surface area (Å²) >= 11 is 0. The lowest BCUT2D eigenvalue weighted by Gasteiger charge is -2.31. The maximum Gasteiger partial charge on any atom is 0.260 e. The summed E-state index contributed by atoms with van der Waals surface area (Å²) in [6, 6.07) is 5.61. The second kappa shape index (κ2) is 5.82. The van der Waals surface area contributed by atoms with Crippen molar-refractivity contribution < 1.29 is 18.7 Å². The fourth-order valence-corrected chi connectivity index (χ4v) is 1.81. The van der Waals surface area contributed by atoms with Gasteiger partial charge in [-0.15, -0.1) is 0 Å². The van der Waals surface area contributed by atoms with Crippen molar-refractivity contribution in [2.24, 2.45) is 0 Å². The zero-order chi connectivity index (χ0) is 13.0. The molecule has 1 aliphatic heterocycles. The van der Waals surface area contributed by atoms with Crippen LogP contribution in [0.4, 0.5) is 4.39 Å². The normalized spacial score (nSPS) is 19.7. The van der Waals surface area contributed by atoms with Gasteiger partial charge in [0, 0.05) is 13.1 Å². The first-order valence-electron chi connectivity index (χ1n) is 5.93. The van der Waals surface area contributed by atoms with Gasteiger partial charge in [-0.25, -0.2) is 4.39 Å². The second-order valence-corrected chi connectivity index (χ2v) is 4.26. The number of morpholine rings is 1. The highest BCUT2D eigenvalue weighted by Gasteiger charge is 2.21. The molecule has 18 heavy (non-hydrogen) atoms.